The predicted octanol–water partition coefficient (Wildman–Crippen LogP) is 1.61. The molecule has 5 N–H and O–H groups in total. The van der Waals surface area contributed by atoms with Crippen molar-refractivity contribution in [1.29, 1.82) is 0 Å². The molecule has 104 valence electrons. The number of hydrogen-bond acceptors (Lipinski definition) is 5. The molecule has 0 spiro atoms. The molecule has 6 nitrogen and oxygen atoms in total. The minimum Gasteiger partial charge on any atom is -0.497 e. The van der Waals surface area contributed by atoms with E-state index in [1.54, 1.807) is 19.4 Å². The van der Waals surface area contributed by atoms with Crippen LogP contribution in [0, 0.1) is 0 Å². The highest BCUT2D eigenvalue weighted by atomic mass is 16.5. The molecular weight excluding hydrogens is 254 g/mol. The highest BCUT2D eigenvalue weighted by Gasteiger charge is 2.00. The smallest absolute Gasteiger partial charge is 0.133 e. The van der Waals surface area contributed by atoms with E-state index in [0.29, 0.717) is 12.3 Å². The Hall–Kier alpha value is -2.76. The summed E-state index contributed by atoms with van der Waals surface area (Å²) in [5.74, 6) is 6.99. The molecular formula is C14H17N5O. The van der Waals surface area contributed by atoms with Crippen LogP contribution < -0.4 is 21.6 Å². The lowest BCUT2D eigenvalue weighted by Crippen LogP contribution is -2.16. The Morgan fingerprint density at radius 2 is 2.05 bits per heavy atom. The molecule has 2 aromatic rings. The molecule has 1 aromatic carbocycles. The van der Waals surface area contributed by atoms with Crippen LogP contribution in [0.3, 0.4) is 0 Å². The van der Waals surface area contributed by atoms with Gasteiger partial charge in [0.05, 0.1) is 7.11 Å². The summed E-state index contributed by atoms with van der Waals surface area (Å²) >= 11 is 0. The van der Waals surface area contributed by atoms with Crippen LogP contribution in [-0.2, 0) is 6.42 Å². The number of benzene rings is 1. The van der Waals surface area contributed by atoms with Gasteiger partial charge in [-0.2, -0.15) is 5.10 Å². The van der Waals surface area contributed by atoms with Crippen molar-refractivity contribution in [3.05, 3.63) is 48.2 Å². The third-order valence-corrected chi connectivity index (χ3v) is 2.74. The SMILES string of the molecule is COc1ccnc(Nc2ccc(C/C(N)=N/N)cc2)c1. The lowest BCUT2D eigenvalue weighted by Gasteiger charge is -2.08. The van der Waals surface area contributed by atoms with Gasteiger partial charge >= 0.3 is 0 Å². The highest BCUT2D eigenvalue weighted by molar-refractivity contribution is 5.82. The fourth-order valence-electron chi connectivity index (χ4n) is 1.72. The Bertz CT molecular complexity index is 595. The highest BCUT2D eigenvalue weighted by Crippen LogP contribution is 2.19. The predicted molar refractivity (Wildman–Crippen MR) is 80.0 cm³/mol. The monoisotopic (exact) mass is 271 g/mol. The molecule has 0 aliphatic heterocycles. The summed E-state index contributed by atoms with van der Waals surface area (Å²) < 4.78 is 5.15. The maximum Gasteiger partial charge on any atom is 0.133 e. The molecule has 0 unspecified atom stereocenters. The first kappa shape index (κ1) is 13.7. The number of nitrogens with two attached hydrogens (primary N) is 2. The van der Waals surface area contributed by atoms with Crippen molar-refractivity contribution in [3.8, 4) is 5.75 Å². The lowest BCUT2D eigenvalue weighted by molar-refractivity contribution is 0.414. The largest absolute Gasteiger partial charge is 0.497 e. The van der Waals surface area contributed by atoms with Crippen LogP contribution in [0.2, 0.25) is 0 Å². The summed E-state index contributed by atoms with van der Waals surface area (Å²) in [6, 6.07) is 11.4. The van der Waals surface area contributed by atoms with Gasteiger partial charge in [-0.05, 0) is 23.8 Å². The summed E-state index contributed by atoms with van der Waals surface area (Å²) in [6.45, 7) is 0. The van der Waals surface area contributed by atoms with Gasteiger partial charge in [0.1, 0.15) is 17.4 Å². The minimum absolute atomic E-state index is 0.403. The first-order valence-electron chi connectivity index (χ1n) is 6.09. The number of hydrazone groups is 1. The van der Waals surface area contributed by atoms with Crippen LogP contribution in [0.5, 0.6) is 5.75 Å². The maximum atomic E-state index is 5.58. The molecule has 0 bridgehead atoms. The summed E-state index contributed by atoms with van der Waals surface area (Å²) in [7, 11) is 1.62. The van der Waals surface area contributed by atoms with Crippen LogP contribution in [0.4, 0.5) is 11.5 Å². The molecule has 0 aliphatic carbocycles. The van der Waals surface area contributed by atoms with Gasteiger partial charge in [0.2, 0.25) is 0 Å². The Balaban J connectivity index is 2.06. The second-order valence-electron chi connectivity index (χ2n) is 4.20. The number of amidine groups is 1. The standard InChI is InChI=1S/C14H17N5O/c1-20-12-6-7-17-14(9-12)18-11-4-2-10(3-5-11)8-13(15)19-16/h2-7,9H,8,16H2,1H3,(H2,15,19)(H,17,18). The third-order valence-electron chi connectivity index (χ3n) is 2.74. The molecule has 0 saturated carbocycles. The van der Waals surface area contributed by atoms with Crippen molar-refractivity contribution in [2.24, 2.45) is 16.7 Å². The fourth-order valence-corrected chi connectivity index (χ4v) is 1.72. The molecule has 0 aliphatic rings. The molecule has 0 atom stereocenters. The van der Waals surface area contributed by atoms with Crippen LogP contribution in [-0.4, -0.2) is 17.9 Å². The number of nitrogens with zero attached hydrogens (tertiary/aromatic N) is 2. The zero-order valence-corrected chi connectivity index (χ0v) is 11.2. The molecule has 6 heteroatoms. The first-order valence-corrected chi connectivity index (χ1v) is 6.09. The van der Waals surface area contributed by atoms with Crippen molar-refractivity contribution >= 4 is 17.3 Å². The Kier molecular flexibility index (Phi) is 4.39. The van der Waals surface area contributed by atoms with Gasteiger partial charge in [0.15, 0.2) is 0 Å². The minimum atomic E-state index is 0.403. The second-order valence-corrected chi connectivity index (χ2v) is 4.20. The number of ether oxygens (including phenoxy) is 1. The van der Waals surface area contributed by atoms with Gasteiger partial charge in [-0.25, -0.2) is 4.98 Å². The Labute approximate surface area is 117 Å². The van der Waals surface area contributed by atoms with E-state index in [1.165, 1.54) is 0 Å². The number of nitrogens with one attached hydrogen (secondary N) is 1. The van der Waals surface area contributed by atoms with E-state index in [1.807, 2.05) is 30.3 Å². The van der Waals surface area contributed by atoms with Crippen LogP contribution in [0.15, 0.2) is 47.7 Å². The first-order chi connectivity index (χ1) is 9.71. The van der Waals surface area contributed by atoms with E-state index in [-0.39, 0.29) is 0 Å². The Morgan fingerprint density at radius 1 is 1.30 bits per heavy atom. The van der Waals surface area contributed by atoms with Gasteiger partial charge in [-0.1, -0.05) is 12.1 Å². The number of anilines is 2. The molecule has 0 amide bonds. The fraction of sp³-hybridized carbons (Fsp3) is 0.143. The average Bonchev–Trinajstić information content (AvgIpc) is 2.49. The van der Waals surface area contributed by atoms with Gasteiger partial charge in [-0.3, -0.25) is 0 Å². The van der Waals surface area contributed by atoms with Crippen molar-refractivity contribution in [2.45, 2.75) is 6.42 Å². The second kappa shape index (κ2) is 6.42. The number of methoxy groups -OCH3 is 1. The van der Waals surface area contributed by atoms with Gasteiger partial charge in [-0.15, -0.1) is 0 Å². The zero-order valence-electron chi connectivity index (χ0n) is 11.2. The summed E-state index contributed by atoms with van der Waals surface area (Å²) in [5.41, 5.74) is 7.55. The van der Waals surface area contributed by atoms with Crippen LogP contribution >= 0.6 is 0 Å². The van der Waals surface area contributed by atoms with Crippen LogP contribution in [0.25, 0.3) is 0 Å². The normalized spacial score (nSPS) is 11.2. The van der Waals surface area contributed by atoms with E-state index >= 15 is 0 Å². The lowest BCUT2D eigenvalue weighted by atomic mass is 10.1. The van der Waals surface area contributed by atoms with E-state index in [9.17, 15) is 0 Å². The number of aromatic nitrogens is 1. The average molecular weight is 271 g/mol. The number of rotatable bonds is 5. The third kappa shape index (κ3) is 3.61. The maximum absolute atomic E-state index is 5.58. The van der Waals surface area contributed by atoms with Crippen molar-refractivity contribution in [2.75, 3.05) is 12.4 Å². The van der Waals surface area contributed by atoms with Crippen molar-refractivity contribution < 1.29 is 4.74 Å². The number of pyridine rings is 1. The Morgan fingerprint density at radius 3 is 2.70 bits per heavy atom. The summed E-state index contributed by atoms with van der Waals surface area (Å²) in [4.78, 5) is 4.22. The molecule has 20 heavy (non-hydrogen) atoms. The summed E-state index contributed by atoms with van der Waals surface area (Å²) in [5, 5.41) is 6.64. The summed E-state index contributed by atoms with van der Waals surface area (Å²) in [6.07, 6.45) is 2.22. The quantitative estimate of drug-likeness (QED) is 0.332. The van der Waals surface area contributed by atoms with Gasteiger partial charge in [0.25, 0.3) is 0 Å². The number of hydrogen-bond donors (Lipinski definition) is 3. The van der Waals surface area contributed by atoms with E-state index in [0.717, 1.165) is 22.8 Å². The van der Waals surface area contributed by atoms with Crippen LogP contribution in [0.1, 0.15) is 5.56 Å². The molecule has 0 radical (unpaired) electrons. The van der Waals surface area contributed by atoms with Crippen molar-refractivity contribution in [3.63, 3.8) is 0 Å². The van der Waals surface area contributed by atoms with Gasteiger partial charge in [0, 0.05) is 24.4 Å². The van der Waals surface area contributed by atoms with E-state index in [4.69, 9.17) is 16.3 Å². The molecule has 1 aromatic heterocycles. The molecule has 2 rings (SSSR count). The topological polar surface area (TPSA) is 98.5 Å². The zero-order chi connectivity index (χ0) is 14.4. The molecule has 0 saturated heterocycles. The van der Waals surface area contributed by atoms with E-state index in [2.05, 4.69) is 15.4 Å². The van der Waals surface area contributed by atoms with Gasteiger partial charge < -0.3 is 21.6 Å². The molecule has 0 fully saturated rings. The van der Waals surface area contributed by atoms with E-state index < -0.39 is 0 Å². The van der Waals surface area contributed by atoms with Crippen molar-refractivity contribution in [1.82, 2.24) is 4.98 Å². The molecule has 1 heterocycles.